The first kappa shape index (κ1) is 17.7. The van der Waals surface area contributed by atoms with Crippen LogP contribution in [0.4, 0.5) is 5.69 Å². The van der Waals surface area contributed by atoms with E-state index in [4.69, 9.17) is 4.74 Å². The van der Waals surface area contributed by atoms with Crippen molar-refractivity contribution < 1.29 is 23.9 Å². The number of hydrogen-bond acceptors (Lipinski definition) is 5. The number of anilines is 1. The van der Waals surface area contributed by atoms with Crippen LogP contribution in [-0.4, -0.2) is 31.6 Å². The number of carbonyl (C=O) groups excluding carboxylic acids is 3. The lowest BCUT2D eigenvalue weighted by atomic mass is 9.92. The highest BCUT2D eigenvalue weighted by molar-refractivity contribution is 5.94. The highest BCUT2D eigenvalue weighted by Gasteiger charge is 2.18. The summed E-state index contributed by atoms with van der Waals surface area (Å²) in [5.74, 6) is -1.30. The summed E-state index contributed by atoms with van der Waals surface area (Å²) in [6.45, 7) is 5.40. The number of hydrogen-bond donors (Lipinski definition) is 1. The molecule has 0 bridgehead atoms. The first-order valence-corrected chi connectivity index (χ1v) is 6.85. The zero-order valence-corrected chi connectivity index (χ0v) is 13.3. The van der Waals surface area contributed by atoms with Gasteiger partial charge >= 0.3 is 11.9 Å². The Bertz CT molecular complexity index is 543. The summed E-state index contributed by atoms with van der Waals surface area (Å²) < 4.78 is 9.48. The number of carbonyl (C=O) groups is 3. The van der Waals surface area contributed by atoms with Gasteiger partial charge in [0, 0.05) is 5.69 Å². The molecule has 6 nitrogen and oxygen atoms in total. The van der Waals surface area contributed by atoms with Crippen LogP contribution in [0.1, 0.15) is 37.6 Å². The number of rotatable bonds is 5. The second kappa shape index (κ2) is 7.59. The Morgan fingerprint density at radius 2 is 1.68 bits per heavy atom. The normalized spacial score (nSPS) is 10.7. The fourth-order valence-electron chi connectivity index (χ4n) is 1.63. The third-order valence-electron chi connectivity index (χ3n) is 2.63. The van der Waals surface area contributed by atoms with Crippen LogP contribution in [0.15, 0.2) is 24.3 Å². The van der Waals surface area contributed by atoms with Crippen LogP contribution in [-0.2, 0) is 19.1 Å². The number of ether oxygens (including phenoxy) is 2. The lowest BCUT2D eigenvalue weighted by molar-refractivity contribution is -0.149. The lowest BCUT2D eigenvalue weighted by Gasteiger charge is -2.16. The zero-order chi connectivity index (χ0) is 16.8. The first-order valence-electron chi connectivity index (χ1n) is 6.85. The van der Waals surface area contributed by atoms with E-state index < -0.39 is 17.8 Å². The molecule has 1 rings (SSSR count). The lowest BCUT2D eigenvalue weighted by Crippen LogP contribution is -2.23. The number of nitrogens with one attached hydrogen (secondary N) is 1. The third-order valence-corrected chi connectivity index (χ3v) is 2.63. The van der Waals surface area contributed by atoms with Crippen molar-refractivity contribution in [2.45, 2.75) is 27.2 Å². The van der Waals surface area contributed by atoms with Gasteiger partial charge < -0.3 is 14.8 Å². The fourth-order valence-corrected chi connectivity index (χ4v) is 1.63. The van der Waals surface area contributed by atoms with E-state index in [2.05, 4.69) is 10.1 Å². The number of esters is 2. The van der Waals surface area contributed by atoms with Crippen molar-refractivity contribution in [2.24, 2.45) is 5.41 Å². The molecule has 0 aliphatic heterocycles. The molecule has 0 spiro atoms. The van der Waals surface area contributed by atoms with Gasteiger partial charge in [0.25, 0.3) is 5.91 Å². The molecule has 1 N–H and O–H groups in total. The Hall–Kier alpha value is -2.37. The molecule has 0 aliphatic carbocycles. The average molecular weight is 307 g/mol. The Morgan fingerprint density at radius 1 is 1.09 bits per heavy atom. The van der Waals surface area contributed by atoms with Crippen LogP contribution in [0.2, 0.25) is 0 Å². The smallest absolute Gasteiger partial charge is 0.337 e. The molecule has 6 heteroatoms. The van der Waals surface area contributed by atoms with E-state index in [1.807, 2.05) is 20.8 Å². The highest BCUT2D eigenvalue weighted by atomic mass is 16.5. The summed E-state index contributed by atoms with van der Waals surface area (Å²) in [6, 6.07) is 6.21. The Balaban J connectivity index is 2.45. The molecule has 1 aromatic rings. The standard InChI is InChI=1S/C16H21NO5/c1-16(2,3)9-14(19)22-10-13(18)17-12-7-5-11(6-8-12)15(20)21-4/h5-8H,9-10H2,1-4H3,(H,17,18). The number of benzene rings is 1. The number of amides is 1. The molecule has 0 aromatic heterocycles. The molecule has 0 saturated carbocycles. The largest absolute Gasteiger partial charge is 0.465 e. The van der Waals surface area contributed by atoms with Crippen LogP contribution < -0.4 is 5.32 Å². The van der Waals surface area contributed by atoms with Crippen LogP contribution in [0.3, 0.4) is 0 Å². The molecule has 0 heterocycles. The van der Waals surface area contributed by atoms with Crippen molar-refractivity contribution in [3.05, 3.63) is 29.8 Å². The second-order valence-electron chi connectivity index (χ2n) is 6.02. The van der Waals surface area contributed by atoms with E-state index in [0.717, 1.165) is 0 Å². The van der Waals surface area contributed by atoms with E-state index >= 15 is 0 Å². The fraction of sp³-hybridized carbons (Fsp3) is 0.438. The summed E-state index contributed by atoms with van der Waals surface area (Å²) in [6.07, 6.45) is 0.244. The molecule has 0 unspecified atom stereocenters. The minimum absolute atomic E-state index is 0.183. The predicted molar refractivity (Wildman–Crippen MR) is 81.4 cm³/mol. The van der Waals surface area contributed by atoms with Crippen LogP contribution in [0, 0.1) is 5.41 Å². The summed E-state index contributed by atoms with van der Waals surface area (Å²) in [5.41, 5.74) is 0.707. The van der Waals surface area contributed by atoms with Gasteiger partial charge in [-0.2, -0.15) is 0 Å². The van der Waals surface area contributed by atoms with Gasteiger partial charge in [0.1, 0.15) is 0 Å². The molecule has 120 valence electrons. The van der Waals surface area contributed by atoms with Crippen molar-refractivity contribution in [1.82, 2.24) is 0 Å². The predicted octanol–water partition coefficient (Wildman–Crippen LogP) is 2.39. The number of methoxy groups -OCH3 is 1. The molecular formula is C16H21NO5. The van der Waals surface area contributed by atoms with E-state index in [0.29, 0.717) is 11.3 Å². The average Bonchev–Trinajstić information content (AvgIpc) is 2.43. The molecule has 1 amide bonds. The first-order chi connectivity index (χ1) is 10.2. The topological polar surface area (TPSA) is 81.7 Å². The van der Waals surface area contributed by atoms with Gasteiger partial charge in [0.05, 0.1) is 19.1 Å². The van der Waals surface area contributed by atoms with Crippen molar-refractivity contribution in [1.29, 1.82) is 0 Å². The van der Waals surface area contributed by atoms with Gasteiger partial charge in [-0.1, -0.05) is 20.8 Å². The van der Waals surface area contributed by atoms with Gasteiger partial charge in [-0.25, -0.2) is 4.79 Å². The summed E-state index contributed by atoms with van der Waals surface area (Å²) in [4.78, 5) is 34.5. The molecular weight excluding hydrogens is 286 g/mol. The van der Waals surface area contributed by atoms with Crippen molar-refractivity contribution >= 4 is 23.5 Å². The van der Waals surface area contributed by atoms with Gasteiger partial charge in [-0.15, -0.1) is 0 Å². The van der Waals surface area contributed by atoms with E-state index in [1.54, 1.807) is 12.1 Å². The van der Waals surface area contributed by atoms with E-state index in [-0.39, 0.29) is 18.4 Å². The molecule has 22 heavy (non-hydrogen) atoms. The van der Waals surface area contributed by atoms with Crippen LogP contribution >= 0.6 is 0 Å². The van der Waals surface area contributed by atoms with Crippen molar-refractivity contribution in [3.8, 4) is 0 Å². The van der Waals surface area contributed by atoms with Crippen molar-refractivity contribution in [3.63, 3.8) is 0 Å². The molecule has 0 fully saturated rings. The maximum absolute atomic E-state index is 11.7. The molecule has 0 aliphatic rings. The van der Waals surface area contributed by atoms with Crippen LogP contribution in [0.5, 0.6) is 0 Å². The van der Waals surface area contributed by atoms with Gasteiger partial charge in [-0.3, -0.25) is 9.59 Å². The van der Waals surface area contributed by atoms with Gasteiger partial charge in [-0.05, 0) is 29.7 Å². The zero-order valence-electron chi connectivity index (χ0n) is 13.3. The van der Waals surface area contributed by atoms with Gasteiger partial charge in [0.2, 0.25) is 0 Å². The minimum atomic E-state index is -0.450. The van der Waals surface area contributed by atoms with Crippen molar-refractivity contribution in [2.75, 3.05) is 19.0 Å². The van der Waals surface area contributed by atoms with Crippen LogP contribution in [0.25, 0.3) is 0 Å². The maximum atomic E-state index is 11.7. The monoisotopic (exact) mass is 307 g/mol. The molecule has 1 aromatic carbocycles. The summed E-state index contributed by atoms with van der Waals surface area (Å²) in [5, 5.41) is 2.58. The Morgan fingerprint density at radius 3 is 2.18 bits per heavy atom. The second-order valence-corrected chi connectivity index (χ2v) is 6.02. The Kier molecular flexibility index (Phi) is 6.10. The SMILES string of the molecule is COC(=O)c1ccc(NC(=O)COC(=O)CC(C)(C)C)cc1. The molecule has 0 atom stereocenters. The maximum Gasteiger partial charge on any atom is 0.337 e. The Labute approximate surface area is 129 Å². The van der Waals surface area contributed by atoms with E-state index in [1.165, 1.54) is 19.2 Å². The molecule has 0 saturated heterocycles. The van der Waals surface area contributed by atoms with Gasteiger partial charge in [0.15, 0.2) is 6.61 Å². The quantitative estimate of drug-likeness (QED) is 0.845. The van der Waals surface area contributed by atoms with E-state index in [9.17, 15) is 14.4 Å². The summed E-state index contributed by atoms with van der Waals surface area (Å²) >= 11 is 0. The third kappa shape index (κ3) is 6.39. The minimum Gasteiger partial charge on any atom is -0.465 e. The highest BCUT2D eigenvalue weighted by Crippen LogP contribution is 2.18. The summed E-state index contributed by atoms with van der Waals surface area (Å²) in [7, 11) is 1.30. The molecule has 0 radical (unpaired) electrons.